The van der Waals surface area contributed by atoms with Gasteiger partial charge in [0.15, 0.2) is 0 Å². The lowest BCUT2D eigenvalue weighted by atomic mass is 10.1. The number of phenolic OH excluding ortho intramolecular Hbond substituents is 1. The Hall–Kier alpha value is -3.08. The highest BCUT2D eigenvalue weighted by molar-refractivity contribution is 5.79. The van der Waals surface area contributed by atoms with Crippen molar-refractivity contribution in [1.29, 1.82) is 0 Å². The SMILES string of the molecule is O=C(Cc1ccccc1O)NCc1ccc(-n2cccn2)cc1. The summed E-state index contributed by atoms with van der Waals surface area (Å²) in [7, 11) is 0. The van der Waals surface area contributed by atoms with Crippen molar-refractivity contribution in [2.24, 2.45) is 0 Å². The molecule has 1 heterocycles. The highest BCUT2D eigenvalue weighted by Crippen LogP contribution is 2.16. The van der Waals surface area contributed by atoms with Gasteiger partial charge in [-0.25, -0.2) is 4.68 Å². The third-order valence-corrected chi connectivity index (χ3v) is 3.54. The number of aromatic hydroxyl groups is 1. The van der Waals surface area contributed by atoms with Crippen LogP contribution in [0, 0.1) is 0 Å². The summed E-state index contributed by atoms with van der Waals surface area (Å²) in [6.45, 7) is 0.450. The van der Waals surface area contributed by atoms with Gasteiger partial charge in [0.2, 0.25) is 5.91 Å². The van der Waals surface area contributed by atoms with E-state index in [9.17, 15) is 9.90 Å². The number of aromatic nitrogens is 2. The maximum atomic E-state index is 12.0. The fraction of sp³-hybridized carbons (Fsp3) is 0.111. The lowest BCUT2D eigenvalue weighted by Crippen LogP contribution is -2.24. The summed E-state index contributed by atoms with van der Waals surface area (Å²) in [6.07, 6.45) is 3.77. The second kappa shape index (κ2) is 6.79. The van der Waals surface area contributed by atoms with Crippen LogP contribution >= 0.6 is 0 Å². The molecule has 0 bridgehead atoms. The third kappa shape index (κ3) is 3.77. The maximum absolute atomic E-state index is 12.0. The third-order valence-electron chi connectivity index (χ3n) is 3.54. The first-order chi connectivity index (χ1) is 11.2. The van der Waals surface area contributed by atoms with Crippen molar-refractivity contribution in [2.75, 3.05) is 0 Å². The van der Waals surface area contributed by atoms with Crippen LogP contribution in [0.3, 0.4) is 0 Å². The van der Waals surface area contributed by atoms with Gasteiger partial charge in [0.25, 0.3) is 0 Å². The maximum Gasteiger partial charge on any atom is 0.224 e. The molecule has 0 saturated carbocycles. The van der Waals surface area contributed by atoms with Gasteiger partial charge in [-0.05, 0) is 29.8 Å². The highest BCUT2D eigenvalue weighted by atomic mass is 16.3. The van der Waals surface area contributed by atoms with Gasteiger partial charge in [-0.1, -0.05) is 30.3 Å². The second-order valence-corrected chi connectivity index (χ2v) is 5.20. The van der Waals surface area contributed by atoms with Gasteiger partial charge in [0.05, 0.1) is 12.1 Å². The quantitative estimate of drug-likeness (QED) is 0.761. The zero-order valence-corrected chi connectivity index (χ0v) is 12.5. The first-order valence-corrected chi connectivity index (χ1v) is 7.35. The number of carbonyl (C=O) groups excluding carboxylic acids is 1. The van der Waals surface area contributed by atoms with Crippen molar-refractivity contribution < 1.29 is 9.90 Å². The van der Waals surface area contributed by atoms with E-state index in [1.165, 1.54) is 0 Å². The Balaban J connectivity index is 1.56. The van der Waals surface area contributed by atoms with Crippen molar-refractivity contribution in [1.82, 2.24) is 15.1 Å². The first kappa shape index (κ1) is 14.8. The van der Waals surface area contributed by atoms with E-state index in [2.05, 4.69) is 10.4 Å². The molecule has 3 aromatic rings. The summed E-state index contributed by atoms with van der Waals surface area (Å²) in [5.74, 6) is 0.0221. The molecule has 5 nitrogen and oxygen atoms in total. The molecule has 0 aliphatic rings. The van der Waals surface area contributed by atoms with Crippen LogP contribution in [0.2, 0.25) is 0 Å². The van der Waals surface area contributed by atoms with Crippen LogP contribution in [0.25, 0.3) is 5.69 Å². The number of nitrogens with zero attached hydrogens (tertiary/aromatic N) is 2. The van der Waals surface area contributed by atoms with E-state index in [0.717, 1.165) is 11.3 Å². The van der Waals surface area contributed by atoms with E-state index in [0.29, 0.717) is 12.1 Å². The molecule has 116 valence electrons. The van der Waals surface area contributed by atoms with Crippen LogP contribution in [0.4, 0.5) is 0 Å². The summed E-state index contributed by atoms with van der Waals surface area (Å²) in [5, 5.41) is 16.7. The Morgan fingerprint density at radius 2 is 1.87 bits per heavy atom. The van der Waals surface area contributed by atoms with Crippen LogP contribution in [-0.2, 0) is 17.8 Å². The van der Waals surface area contributed by atoms with Gasteiger partial charge in [-0.3, -0.25) is 4.79 Å². The van der Waals surface area contributed by atoms with Crippen molar-refractivity contribution in [3.8, 4) is 11.4 Å². The van der Waals surface area contributed by atoms with E-state index in [-0.39, 0.29) is 18.1 Å². The van der Waals surface area contributed by atoms with Gasteiger partial charge in [-0.15, -0.1) is 0 Å². The topological polar surface area (TPSA) is 67.2 Å². The second-order valence-electron chi connectivity index (χ2n) is 5.20. The molecule has 1 amide bonds. The molecule has 2 aromatic carbocycles. The number of nitrogens with one attached hydrogen (secondary N) is 1. The number of rotatable bonds is 5. The van der Waals surface area contributed by atoms with Crippen LogP contribution in [0.1, 0.15) is 11.1 Å². The minimum atomic E-state index is -0.123. The average molecular weight is 307 g/mol. The molecule has 1 aromatic heterocycles. The normalized spacial score (nSPS) is 10.4. The van der Waals surface area contributed by atoms with Gasteiger partial charge in [0.1, 0.15) is 5.75 Å². The van der Waals surface area contributed by atoms with Crippen molar-refractivity contribution >= 4 is 5.91 Å². The minimum absolute atomic E-state index is 0.123. The Morgan fingerprint density at radius 1 is 1.09 bits per heavy atom. The molecule has 0 aliphatic heterocycles. The van der Waals surface area contributed by atoms with Crippen molar-refractivity contribution in [3.63, 3.8) is 0 Å². The molecule has 0 saturated heterocycles. The lowest BCUT2D eigenvalue weighted by Gasteiger charge is -2.08. The number of para-hydroxylation sites is 1. The summed E-state index contributed by atoms with van der Waals surface area (Å²) < 4.78 is 1.78. The molecule has 3 rings (SSSR count). The standard InChI is InChI=1S/C18H17N3O2/c22-17-5-2-1-4-15(17)12-18(23)19-13-14-6-8-16(9-7-14)21-11-3-10-20-21/h1-11,22H,12-13H2,(H,19,23). The zero-order valence-electron chi connectivity index (χ0n) is 12.5. The Bertz CT molecular complexity index is 780. The highest BCUT2D eigenvalue weighted by Gasteiger charge is 2.07. The fourth-order valence-electron chi connectivity index (χ4n) is 2.28. The van der Waals surface area contributed by atoms with Crippen molar-refractivity contribution in [3.05, 3.63) is 78.1 Å². The van der Waals surface area contributed by atoms with E-state index < -0.39 is 0 Å². The summed E-state index contributed by atoms with van der Waals surface area (Å²) in [5.41, 5.74) is 2.60. The molecule has 0 unspecified atom stereocenters. The number of carbonyl (C=O) groups is 1. The zero-order chi connectivity index (χ0) is 16.1. The number of amides is 1. The van der Waals surface area contributed by atoms with E-state index in [1.807, 2.05) is 36.5 Å². The number of hydrogen-bond donors (Lipinski definition) is 2. The van der Waals surface area contributed by atoms with Crippen LogP contribution in [0.15, 0.2) is 67.0 Å². The number of benzene rings is 2. The molecular weight excluding hydrogens is 290 g/mol. The molecule has 0 spiro atoms. The summed E-state index contributed by atoms with van der Waals surface area (Å²) in [6, 6.07) is 16.6. The van der Waals surface area contributed by atoms with Crippen LogP contribution in [0.5, 0.6) is 5.75 Å². The van der Waals surface area contributed by atoms with Gasteiger partial charge >= 0.3 is 0 Å². The predicted molar refractivity (Wildman–Crippen MR) is 87.2 cm³/mol. The minimum Gasteiger partial charge on any atom is -0.508 e. The van der Waals surface area contributed by atoms with Gasteiger partial charge in [0, 0.05) is 24.5 Å². The molecule has 0 radical (unpaired) electrons. The molecule has 23 heavy (non-hydrogen) atoms. The number of phenols is 1. The van der Waals surface area contributed by atoms with Gasteiger partial charge in [-0.2, -0.15) is 5.10 Å². The van der Waals surface area contributed by atoms with E-state index in [4.69, 9.17) is 0 Å². The summed E-state index contributed by atoms with van der Waals surface area (Å²) >= 11 is 0. The van der Waals surface area contributed by atoms with Crippen LogP contribution in [-0.4, -0.2) is 20.8 Å². The Morgan fingerprint density at radius 3 is 2.57 bits per heavy atom. The molecule has 0 fully saturated rings. The monoisotopic (exact) mass is 307 g/mol. The first-order valence-electron chi connectivity index (χ1n) is 7.35. The Labute approximate surface area is 134 Å². The smallest absolute Gasteiger partial charge is 0.224 e. The fourth-order valence-corrected chi connectivity index (χ4v) is 2.28. The predicted octanol–water partition coefficient (Wildman–Crippen LogP) is 2.44. The van der Waals surface area contributed by atoms with Crippen LogP contribution < -0.4 is 5.32 Å². The largest absolute Gasteiger partial charge is 0.508 e. The molecule has 0 atom stereocenters. The number of hydrogen-bond acceptors (Lipinski definition) is 3. The molecular formula is C18H17N3O2. The van der Waals surface area contributed by atoms with Gasteiger partial charge < -0.3 is 10.4 Å². The van der Waals surface area contributed by atoms with E-state index >= 15 is 0 Å². The lowest BCUT2D eigenvalue weighted by molar-refractivity contribution is -0.120. The van der Waals surface area contributed by atoms with E-state index in [1.54, 1.807) is 35.1 Å². The average Bonchev–Trinajstić information content (AvgIpc) is 3.10. The summed E-state index contributed by atoms with van der Waals surface area (Å²) in [4.78, 5) is 12.0. The molecule has 0 aliphatic carbocycles. The molecule has 5 heteroatoms. The Kier molecular flexibility index (Phi) is 4.38. The molecule has 2 N–H and O–H groups in total. The van der Waals surface area contributed by atoms with Crippen molar-refractivity contribution in [2.45, 2.75) is 13.0 Å².